The van der Waals surface area contributed by atoms with Crippen LogP contribution >= 0.6 is 23.2 Å². The summed E-state index contributed by atoms with van der Waals surface area (Å²) in [7, 11) is 0. The molecule has 2 aromatic carbocycles. The molecule has 0 heterocycles. The summed E-state index contributed by atoms with van der Waals surface area (Å²) < 4.78 is 0. The highest BCUT2D eigenvalue weighted by Crippen LogP contribution is 2.23. The number of carboxylic acid groups (broad SMARTS) is 1. The molecule has 0 aliphatic heterocycles. The van der Waals surface area contributed by atoms with Crippen molar-refractivity contribution < 1.29 is 22.3 Å². The zero-order valence-electron chi connectivity index (χ0n) is 10.9. The monoisotopic (exact) mass is 344 g/mol. The lowest BCUT2D eigenvalue weighted by atomic mass is 10.1. The van der Waals surface area contributed by atoms with E-state index in [9.17, 15) is 4.79 Å². The molecule has 6 heteroatoms. The van der Waals surface area contributed by atoms with Crippen molar-refractivity contribution in [1.82, 2.24) is 5.32 Å². The zero-order valence-corrected chi connectivity index (χ0v) is 13.2. The smallest absolute Gasteiger partial charge is 0.335 e. The lowest BCUT2D eigenvalue weighted by Gasteiger charge is -2.09. The number of halogens is 3. The summed E-state index contributed by atoms with van der Waals surface area (Å²) >= 11 is 12.2. The first-order valence-corrected chi connectivity index (χ1v) is 6.79. The molecule has 0 amide bonds. The van der Waals surface area contributed by atoms with Crippen LogP contribution in [0.25, 0.3) is 0 Å². The van der Waals surface area contributed by atoms with Gasteiger partial charge in [-0.1, -0.05) is 41.4 Å². The van der Waals surface area contributed by atoms with Crippen molar-refractivity contribution in [3.05, 3.63) is 69.2 Å². The van der Waals surface area contributed by atoms with Crippen LogP contribution in [0.1, 0.15) is 21.5 Å². The quantitative estimate of drug-likeness (QED) is 0.849. The van der Waals surface area contributed by atoms with E-state index in [0.717, 1.165) is 11.1 Å². The van der Waals surface area contributed by atoms with Crippen LogP contribution in [-0.4, -0.2) is 11.1 Å². The predicted molar refractivity (Wildman–Crippen MR) is 80.4 cm³/mol. The van der Waals surface area contributed by atoms with E-state index in [4.69, 9.17) is 28.3 Å². The Morgan fingerprint density at radius 1 is 1.00 bits per heavy atom. The Bertz CT molecular complexity index is 595. The van der Waals surface area contributed by atoms with E-state index in [0.29, 0.717) is 23.1 Å². The van der Waals surface area contributed by atoms with E-state index in [-0.39, 0.29) is 18.0 Å². The van der Waals surface area contributed by atoms with Crippen molar-refractivity contribution in [3.8, 4) is 0 Å². The SMILES string of the molecule is O=C(O)c1ccc(CNCc2c(Cl)cccc2Cl)cc1.[Cl-]. The number of hydrogen-bond donors (Lipinski definition) is 2. The van der Waals surface area contributed by atoms with Gasteiger partial charge in [0.25, 0.3) is 0 Å². The molecule has 0 bridgehead atoms. The summed E-state index contributed by atoms with van der Waals surface area (Å²) in [5.74, 6) is -0.924. The van der Waals surface area contributed by atoms with Gasteiger partial charge in [0.05, 0.1) is 5.56 Å². The Kier molecular flexibility index (Phi) is 6.99. The number of carboxylic acids is 1. The van der Waals surface area contributed by atoms with Gasteiger partial charge in [-0.2, -0.15) is 0 Å². The Balaban J connectivity index is 0.00000220. The van der Waals surface area contributed by atoms with Crippen LogP contribution in [0, 0.1) is 0 Å². The van der Waals surface area contributed by atoms with Gasteiger partial charge in [-0.15, -0.1) is 0 Å². The average molecular weight is 346 g/mol. The first kappa shape index (κ1) is 17.8. The second-order valence-corrected chi connectivity index (χ2v) is 5.12. The molecule has 2 N–H and O–H groups in total. The lowest BCUT2D eigenvalue weighted by Crippen LogP contribution is -3.00. The zero-order chi connectivity index (χ0) is 14.5. The molecule has 0 atom stereocenters. The molecule has 112 valence electrons. The van der Waals surface area contributed by atoms with Crippen LogP contribution in [0.5, 0.6) is 0 Å². The highest BCUT2D eigenvalue weighted by atomic mass is 35.5. The molecule has 3 nitrogen and oxygen atoms in total. The topological polar surface area (TPSA) is 49.3 Å². The van der Waals surface area contributed by atoms with Gasteiger partial charge < -0.3 is 22.8 Å². The molecular weight excluding hydrogens is 333 g/mol. The summed E-state index contributed by atoms with van der Waals surface area (Å²) in [5, 5.41) is 13.3. The van der Waals surface area contributed by atoms with Gasteiger partial charge in [-0.05, 0) is 29.8 Å². The Labute approximate surface area is 139 Å². The molecule has 0 aliphatic rings. The minimum atomic E-state index is -0.924. The van der Waals surface area contributed by atoms with Crippen LogP contribution in [0.4, 0.5) is 0 Å². The molecule has 21 heavy (non-hydrogen) atoms. The van der Waals surface area contributed by atoms with Crippen LogP contribution in [0.2, 0.25) is 10.0 Å². The summed E-state index contributed by atoms with van der Waals surface area (Å²) in [4.78, 5) is 10.7. The minimum Gasteiger partial charge on any atom is -1.00 e. The van der Waals surface area contributed by atoms with Gasteiger partial charge in [-0.25, -0.2) is 4.79 Å². The minimum absolute atomic E-state index is 0. The molecule has 0 fully saturated rings. The van der Waals surface area contributed by atoms with Crippen molar-refractivity contribution in [2.45, 2.75) is 13.1 Å². The molecule has 2 rings (SSSR count). The largest absolute Gasteiger partial charge is 1.00 e. The van der Waals surface area contributed by atoms with E-state index in [1.165, 1.54) is 0 Å². The second-order valence-electron chi connectivity index (χ2n) is 4.31. The van der Waals surface area contributed by atoms with E-state index >= 15 is 0 Å². The van der Waals surface area contributed by atoms with Gasteiger partial charge >= 0.3 is 5.97 Å². The molecule has 0 spiro atoms. The second kappa shape index (κ2) is 8.25. The lowest BCUT2D eigenvalue weighted by molar-refractivity contribution is -0.0000194. The molecule has 0 saturated carbocycles. The molecule has 0 aliphatic carbocycles. The standard InChI is InChI=1S/C15H13Cl2NO2.ClH/c16-13-2-1-3-14(17)12(13)9-18-8-10-4-6-11(7-5-10)15(19)20;/h1-7,18H,8-9H2,(H,19,20);1H/p-1. The number of benzene rings is 2. The number of nitrogens with one attached hydrogen (secondary N) is 1. The normalized spacial score (nSPS) is 10.0. The van der Waals surface area contributed by atoms with Crippen LogP contribution in [0.15, 0.2) is 42.5 Å². The third-order valence-electron chi connectivity index (χ3n) is 2.89. The first-order chi connectivity index (χ1) is 9.58. The molecule has 0 radical (unpaired) electrons. The highest BCUT2D eigenvalue weighted by Gasteiger charge is 2.05. The molecule has 0 unspecified atom stereocenters. The van der Waals surface area contributed by atoms with Crippen molar-refractivity contribution in [2.75, 3.05) is 0 Å². The maximum Gasteiger partial charge on any atom is 0.335 e. The fourth-order valence-corrected chi connectivity index (χ4v) is 2.33. The fraction of sp³-hybridized carbons (Fsp3) is 0.133. The van der Waals surface area contributed by atoms with Gasteiger partial charge in [0.2, 0.25) is 0 Å². The summed E-state index contributed by atoms with van der Waals surface area (Å²) in [5.41, 5.74) is 2.14. The van der Waals surface area contributed by atoms with Crippen LogP contribution in [-0.2, 0) is 13.1 Å². The summed E-state index contributed by atoms with van der Waals surface area (Å²) in [6.07, 6.45) is 0. The van der Waals surface area contributed by atoms with Crippen LogP contribution in [0.3, 0.4) is 0 Å². The van der Waals surface area contributed by atoms with Gasteiger partial charge in [0.15, 0.2) is 0 Å². The van der Waals surface area contributed by atoms with Crippen molar-refractivity contribution in [3.63, 3.8) is 0 Å². The molecule has 0 saturated heterocycles. The van der Waals surface area contributed by atoms with E-state index < -0.39 is 5.97 Å². The fourth-order valence-electron chi connectivity index (χ4n) is 1.80. The summed E-state index contributed by atoms with van der Waals surface area (Å²) in [6.45, 7) is 1.17. The third-order valence-corrected chi connectivity index (χ3v) is 3.60. The van der Waals surface area contributed by atoms with E-state index in [2.05, 4.69) is 5.32 Å². The van der Waals surface area contributed by atoms with E-state index in [1.54, 1.807) is 42.5 Å². The maximum absolute atomic E-state index is 10.7. The average Bonchev–Trinajstić information content (AvgIpc) is 2.42. The Morgan fingerprint density at radius 2 is 1.57 bits per heavy atom. The third kappa shape index (κ3) is 4.90. The van der Waals surface area contributed by atoms with Crippen LogP contribution < -0.4 is 17.7 Å². The predicted octanol–water partition coefficient (Wildman–Crippen LogP) is 0.985. The molecule has 2 aromatic rings. The van der Waals surface area contributed by atoms with Crippen molar-refractivity contribution in [1.29, 1.82) is 0 Å². The van der Waals surface area contributed by atoms with Crippen molar-refractivity contribution >= 4 is 29.2 Å². The highest BCUT2D eigenvalue weighted by molar-refractivity contribution is 6.35. The number of hydrogen-bond acceptors (Lipinski definition) is 2. The van der Waals surface area contributed by atoms with E-state index in [1.807, 2.05) is 0 Å². The van der Waals surface area contributed by atoms with Gasteiger partial charge in [0, 0.05) is 28.7 Å². The Morgan fingerprint density at radius 3 is 2.10 bits per heavy atom. The summed E-state index contributed by atoms with van der Waals surface area (Å²) in [6, 6.07) is 12.1. The number of rotatable bonds is 5. The van der Waals surface area contributed by atoms with Gasteiger partial charge in [0.1, 0.15) is 0 Å². The molecule has 0 aromatic heterocycles. The first-order valence-electron chi connectivity index (χ1n) is 6.04. The van der Waals surface area contributed by atoms with Crippen molar-refractivity contribution in [2.24, 2.45) is 0 Å². The maximum atomic E-state index is 10.7. The molecular formula is C15H13Cl3NO2-. The number of aromatic carboxylic acids is 1. The Hall–Kier alpha value is -1.26. The number of carbonyl (C=O) groups is 1. The van der Waals surface area contributed by atoms with Gasteiger partial charge in [-0.3, -0.25) is 0 Å².